The Bertz CT molecular complexity index is 1270. The third-order valence-electron chi connectivity index (χ3n) is 6.88. The number of Topliss-reactive ketones (excluding diaryl/α,β-unsaturated/α-hetero) is 1. The van der Waals surface area contributed by atoms with Crippen LogP contribution in [0.25, 0.3) is 0 Å². The number of amides is 2. The predicted octanol–water partition coefficient (Wildman–Crippen LogP) is 3.35. The number of rotatable bonds is 9. The van der Waals surface area contributed by atoms with Crippen molar-refractivity contribution in [2.75, 3.05) is 13.2 Å². The largest absolute Gasteiger partial charge is 0.457 e. The van der Waals surface area contributed by atoms with Crippen LogP contribution >= 0.6 is 0 Å². The number of nitrogens with zero attached hydrogens (tertiary/aromatic N) is 2. The zero-order valence-corrected chi connectivity index (χ0v) is 20.7. The van der Waals surface area contributed by atoms with Crippen LogP contribution in [0, 0.1) is 27.9 Å². The van der Waals surface area contributed by atoms with Crippen LogP contribution in [0.1, 0.15) is 53.3 Å². The number of imide groups is 1. The lowest BCUT2D eigenvalue weighted by atomic mass is 9.76. The van der Waals surface area contributed by atoms with Crippen LogP contribution in [0.15, 0.2) is 48.5 Å². The van der Waals surface area contributed by atoms with Gasteiger partial charge in [-0.3, -0.25) is 34.2 Å². The van der Waals surface area contributed by atoms with E-state index in [0.717, 1.165) is 11.3 Å². The van der Waals surface area contributed by atoms with Gasteiger partial charge in [0.2, 0.25) is 11.8 Å². The molecule has 2 aromatic rings. The molecule has 1 saturated heterocycles. The van der Waals surface area contributed by atoms with Crippen LogP contribution in [0.3, 0.4) is 0 Å². The molecule has 0 radical (unpaired) electrons. The number of benzene rings is 2. The second kappa shape index (κ2) is 11.3. The summed E-state index contributed by atoms with van der Waals surface area (Å²) in [4.78, 5) is 73.3. The lowest BCUT2D eigenvalue weighted by molar-refractivity contribution is -0.384. The Morgan fingerprint density at radius 2 is 1.58 bits per heavy atom. The lowest BCUT2D eigenvalue weighted by Crippen LogP contribution is -2.33. The van der Waals surface area contributed by atoms with Crippen molar-refractivity contribution < 1.29 is 38.4 Å². The maximum atomic E-state index is 12.6. The Labute approximate surface area is 217 Å². The number of likely N-dealkylation sites (tertiary alicyclic amines) is 1. The van der Waals surface area contributed by atoms with E-state index in [1.165, 1.54) is 48.5 Å². The number of carbonyl (C=O) groups is 5. The molecule has 2 aliphatic rings. The minimum absolute atomic E-state index is 0.0686. The van der Waals surface area contributed by atoms with Gasteiger partial charge in [-0.1, -0.05) is 6.92 Å². The second-order valence-electron chi connectivity index (χ2n) is 9.51. The molecule has 4 rings (SSSR count). The molecule has 0 aromatic heterocycles. The number of fused-ring (bicyclic) bond motifs is 1. The number of nitro benzene ring substituents is 1. The van der Waals surface area contributed by atoms with Crippen molar-refractivity contribution in [3.05, 3.63) is 69.8 Å². The molecule has 11 nitrogen and oxygen atoms in total. The van der Waals surface area contributed by atoms with E-state index in [1.54, 1.807) is 0 Å². The zero-order chi connectivity index (χ0) is 27.4. The summed E-state index contributed by atoms with van der Waals surface area (Å²) in [7, 11) is 0. The molecule has 11 heteroatoms. The van der Waals surface area contributed by atoms with Gasteiger partial charge >= 0.3 is 11.9 Å². The Balaban J connectivity index is 1.23. The number of nitro groups is 1. The molecule has 1 saturated carbocycles. The second-order valence-corrected chi connectivity index (χ2v) is 9.51. The molecule has 0 N–H and O–H groups in total. The number of esters is 2. The van der Waals surface area contributed by atoms with Crippen molar-refractivity contribution in [1.82, 2.24) is 4.90 Å². The van der Waals surface area contributed by atoms with E-state index in [1.807, 2.05) is 0 Å². The Kier molecular flexibility index (Phi) is 7.94. The van der Waals surface area contributed by atoms with Gasteiger partial charge in [0.25, 0.3) is 5.69 Å². The van der Waals surface area contributed by atoms with E-state index < -0.39 is 29.3 Å². The van der Waals surface area contributed by atoms with E-state index in [9.17, 15) is 34.1 Å². The highest BCUT2D eigenvalue weighted by molar-refractivity contribution is 6.05. The molecule has 2 amide bonds. The molecule has 1 heterocycles. The smallest absolute Gasteiger partial charge is 0.343 e. The molecular weight excluding hydrogens is 496 g/mol. The van der Waals surface area contributed by atoms with Gasteiger partial charge < -0.3 is 9.47 Å². The van der Waals surface area contributed by atoms with E-state index >= 15 is 0 Å². The molecular formula is C27H26N2O9. The van der Waals surface area contributed by atoms with E-state index in [0.29, 0.717) is 18.8 Å². The zero-order valence-electron chi connectivity index (χ0n) is 20.7. The summed E-state index contributed by atoms with van der Waals surface area (Å²) in [6.07, 6.45) is 2.07. The fourth-order valence-electron chi connectivity index (χ4n) is 4.78. The number of ketones is 1. The minimum atomic E-state index is -0.725. The molecule has 1 aliphatic carbocycles. The highest BCUT2D eigenvalue weighted by Crippen LogP contribution is 2.40. The first-order valence-corrected chi connectivity index (χ1v) is 12.2. The summed E-state index contributed by atoms with van der Waals surface area (Å²) >= 11 is 0. The topological polar surface area (TPSA) is 150 Å². The molecule has 3 atom stereocenters. The van der Waals surface area contributed by atoms with Gasteiger partial charge in [-0.25, -0.2) is 4.79 Å². The summed E-state index contributed by atoms with van der Waals surface area (Å²) in [6.45, 7) is 1.47. The van der Waals surface area contributed by atoms with Gasteiger partial charge in [-0.2, -0.15) is 0 Å². The van der Waals surface area contributed by atoms with Crippen molar-refractivity contribution in [2.45, 2.75) is 32.6 Å². The quantitative estimate of drug-likeness (QED) is 0.121. The predicted molar refractivity (Wildman–Crippen MR) is 131 cm³/mol. The maximum absolute atomic E-state index is 12.6. The van der Waals surface area contributed by atoms with Gasteiger partial charge in [-0.15, -0.1) is 0 Å². The van der Waals surface area contributed by atoms with Crippen LogP contribution < -0.4 is 4.74 Å². The number of hydrogen-bond acceptors (Lipinski definition) is 9. The molecule has 3 unspecified atom stereocenters. The van der Waals surface area contributed by atoms with Crippen molar-refractivity contribution in [3.63, 3.8) is 0 Å². The number of hydrogen-bond donors (Lipinski definition) is 0. The Morgan fingerprint density at radius 1 is 0.947 bits per heavy atom. The maximum Gasteiger partial charge on any atom is 0.343 e. The van der Waals surface area contributed by atoms with E-state index in [-0.39, 0.29) is 59.2 Å². The lowest BCUT2D eigenvalue weighted by Gasteiger charge is -2.25. The van der Waals surface area contributed by atoms with Crippen LogP contribution in [0.2, 0.25) is 0 Å². The molecule has 2 aromatic carbocycles. The third-order valence-corrected chi connectivity index (χ3v) is 6.88. The van der Waals surface area contributed by atoms with Crippen LogP contribution in [0.4, 0.5) is 5.69 Å². The summed E-state index contributed by atoms with van der Waals surface area (Å²) in [5.41, 5.74) is 0.180. The minimum Gasteiger partial charge on any atom is -0.457 e. The Morgan fingerprint density at radius 3 is 2.24 bits per heavy atom. The van der Waals surface area contributed by atoms with Crippen molar-refractivity contribution in [1.29, 1.82) is 0 Å². The highest BCUT2D eigenvalue weighted by atomic mass is 16.6. The van der Waals surface area contributed by atoms with Crippen molar-refractivity contribution >= 4 is 35.2 Å². The van der Waals surface area contributed by atoms with Gasteiger partial charge in [0.15, 0.2) is 12.4 Å². The van der Waals surface area contributed by atoms with Crippen LogP contribution in [-0.4, -0.2) is 52.5 Å². The normalized spacial score (nSPS) is 20.6. The van der Waals surface area contributed by atoms with Gasteiger partial charge in [-0.05, 0) is 61.6 Å². The average molecular weight is 523 g/mol. The first-order chi connectivity index (χ1) is 18.1. The fraction of sp³-hybridized carbons (Fsp3) is 0.370. The first kappa shape index (κ1) is 26.6. The monoisotopic (exact) mass is 522 g/mol. The summed E-state index contributed by atoms with van der Waals surface area (Å²) < 4.78 is 10.2. The van der Waals surface area contributed by atoms with Gasteiger partial charge in [0, 0.05) is 24.2 Å². The number of non-ortho nitro benzene ring substituents is 1. The third kappa shape index (κ3) is 5.93. The van der Waals surface area contributed by atoms with Gasteiger partial charge in [0.1, 0.15) is 5.75 Å². The van der Waals surface area contributed by atoms with E-state index in [2.05, 4.69) is 6.92 Å². The fourth-order valence-corrected chi connectivity index (χ4v) is 4.78. The first-order valence-electron chi connectivity index (χ1n) is 12.2. The van der Waals surface area contributed by atoms with Crippen molar-refractivity contribution in [3.8, 4) is 5.75 Å². The summed E-state index contributed by atoms with van der Waals surface area (Å²) in [6, 6.07) is 10.5. The van der Waals surface area contributed by atoms with Gasteiger partial charge in [0.05, 0.1) is 28.7 Å². The van der Waals surface area contributed by atoms with Crippen molar-refractivity contribution in [2.24, 2.45) is 17.8 Å². The summed E-state index contributed by atoms with van der Waals surface area (Å²) in [5.74, 6) is -2.44. The molecule has 0 bridgehead atoms. The molecule has 198 valence electrons. The number of carbonyl (C=O) groups excluding carboxylic acids is 5. The summed E-state index contributed by atoms with van der Waals surface area (Å²) in [5, 5.41) is 10.7. The molecule has 2 fully saturated rings. The highest BCUT2D eigenvalue weighted by Gasteiger charge is 2.49. The van der Waals surface area contributed by atoms with Crippen LogP contribution in [-0.2, 0) is 19.1 Å². The molecule has 0 spiro atoms. The van der Waals surface area contributed by atoms with E-state index in [4.69, 9.17) is 9.47 Å². The SMILES string of the molecule is CC1CCC2C(=O)N(CCC(=O)OCC(=O)c3ccc(OC(=O)c4ccc([N+](=O)[O-])cc4)cc3)C(=O)C2C1. The number of ether oxygens (including phenoxy) is 2. The molecule has 1 aliphatic heterocycles. The van der Waals surface area contributed by atoms with Crippen LogP contribution in [0.5, 0.6) is 5.75 Å². The average Bonchev–Trinajstić information content (AvgIpc) is 3.14. The molecule has 38 heavy (non-hydrogen) atoms. The Hall–Kier alpha value is -4.41. The standard InChI is InChI=1S/C27H26N2O9/c1-16-2-11-21-22(14-16)26(33)28(25(21)32)13-12-24(31)37-15-23(30)17-5-9-20(10-6-17)38-27(34)18-3-7-19(8-4-18)29(35)36/h3-10,16,21-22H,2,11-15H2,1H3.